The fraction of sp³-hybridized carbons (Fsp3) is 0.944. The molecule has 60 heavy (non-hydrogen) atoms. The minimum Gasteiger partial charge on any atom is -0.462 e. The molecular formula is C54H104O6. The van der Waals surface area contributed by atoms with Gasteiger partial charge in [-0.25, -0.2) is 0 Å². The Labute approximate surface area is 374 Å². The van der Waals surface area contributed by atoms with Gasteiger partial charge in [-0.1, -0.05) is 271 Å². The van der Waals surface area contributed by atoms with Crippen molar-refractivity contribution < 1.29 is 28.6 Å². The lowest BCUT2D eigenvalue weighted by Gasteiger charge is -2.18. The van der Waals surface area contributed by atoms with Crippen LogP contribution in [0.2, 0.25) is 0 Å². The number of hydrogen-bond acceptors (Lipinski definition) is 6. The van der Waals surface area contributed by atoms with Crippen LogP contribution in [0.5, 0.6) is 0 Å². The molecule has 0 bridgehead atoms. The summed E-state index contributed by atoms with van der Waals surface area (Å²) in [6.07, 6.45) is 53.7. The number of rotatable bonds is 50. The van der Waals surface area contributed by atoms with Crippen LogP contribution in [-0.2, 0) is 28.6 Å². The van der Waals surface area contributed by atoms with Gasteiger partial charge in [0, 0.05) is 19.3 Å². The molecule has 0 aromatic carbocycles. The molecule has 0 aromatic heterocycles. The van der Waals surface area contributed by atoms with Crippen LogP contribution in [0, 0.1) is 0 Å². The zero-order chi connectivity index (χ0) is 43.7. The minimum atomic E-state index is -0.759. The lowest BCUT2D eigenvalue weighted by molar-refractivity contribution is -0.167. The Kier molecular flexibility index (Phi) is 48.7. The summed E-state index contributed by atoms with van der Waals surface area (Å²) >= 11 is 0. The van der Waals surface area contributed by atoms with Crippen LogP contribution in [0.25, 0.3) is 0 Å². The Morgan fingerprint density at radius 1 is 0.267 bits per heavy atom. The summed E-state index contributed by atoms with van der Waals surface area (Å²) in [6, 6.07) is 0. The van der Waals surface area contributed by atoms with E-state index in [2.05, 4.69) is 20.8 Å². The maximum Gasteiger partial charge on any atom is 0.306 e. The van der Waals surface area contributed by atoms with Gasteiger partial charge in [-0.15, -0.1) is 0 Å². The highest BCUT2D eigenvalue weighted by molar-refractivity contribution is 5.71. The molecule has 0 aliphatic carbocycles. The molecule has 0 saturated carbocycles. The monoisotopic (exact) mass is 849 g/mol. The van der Waals surface area contributed by atoms with E-state index in [0.717, 1.165) is 57.8 Å². The molecule has 0 aliphatic heterocycles. The van der Waals surface area contributed by atoms with Crippen LogP contribution in [0.3, 0.4) is 0 Å². The Morgan fingerprint density at radius 3 is 0.667 bits per heavy atom. The lowest BCUT2D eigenvalue weighted by Crippen LogP contribution is -2.30. The van der Waals surface area contributed by atoms with Crippen molar-refractivity contribution in [1.29, 1.82) is 0 Å². The van der Waals surface area contributed by atoms with E-state index < -0.39 is 6.10 Å². The van der Waals surface area contributed by atoms with Crippen LogP contribution in [0.15, 0.2) is 0 Å². The summed E-state index contributed by atoms with van der Waals surface area (Å²) in [4.78, 5) is 38.0. The van der Waals surface area contributed by atoms with Gasteiger partial charge in [0.25, 0.3) is 0 Å². The first kappa shape index (κ1) is 58.4. The molecule has 0 fully saturated rings. The first-order valence-electron chi connectivity index (χ1n) is 27.0. The SMILES string of the molecule is CCCCCCCCCCCCCCCCCCC(=O)OC[C@H](COC(=O)CCCCCCCCCCCCCCCC)OC(=O)CCCCCCCCCCCCCC. The summed E-state index contributed by atoms with van der Waals surface area (Å²) < 4.78 is 16.8. The number of carbonyl (C=O) groups excluding carboxylic acids is 3. The molecule has 0 amide bonds. The van der Waals surface area contributed by atoms with Crippen molar-refractivity contribution in [1.82, 2.24) is 0 Å². The van der Waals surface area contributed by atoms with Crippen molar-refractivity contribution in [2.45, 2.75) is 316 Å². The molecule has 0 unspecified atom stereocenters. The molecule has 0 aliphatic rings. The molecule has 0 heterocycles. The number of carbonyl (C=O) groups is 3. The van der Waals surface area contributed by atoms with E-state index >= 15 is 0 Å². The van der Waals surface area contributed by atoms with E-state index in [1.165, 1.54) is 212 Å². The van der Waals surface area contributed by atoms with Crippen molar-refractivity contribution in [2.24, 2.45) is 0 Å². The number of unbranched alkanes of at least 4 members (excludes halogenated alkanes) is 39. The summed E-state index contributed by atoms with van der Waals surface area (Å²) in [7, 11) is 0. The van der Waals surface area contributed by atoms with Gasteiger partial charge in [0.2, 0.25) is 0 Å². The highest BCUT2D eigenvalue weighted by atomic mass is 16.6. The molecule has 0 rings (SSSR count). The molecular weight excluding hydrogens is 745 g/mol. The third-order valence-corrected chi connectivity index (χ3v) is 12.4. The van der Waals surface area contributed by atoms with E-state index in [0.29, 0.717) is 19.3 Å². The van der Waals surface area contributed by atoms with Gasteiger partial charge >= 0.3 is 17.9 Å². The van der Waals surface area contributed by atoms with E-state index in [9.17, 15) is 14.4 Å². The first-order valence-corrected chi connectivity index (χ1v) is 27.0. The van der Waals surface area contributed by atoms with Gasteiger partial charge in [-0.05, 0) is 19.3 Å². The second-order valence-electron chi connectivity index (χ2n) is 18.5. The Morgan fingerprint density at radius 2 is 0.450 bits per heavy atom. The summed E-state index contributed by atoms with van der Waals surface area (Å²) in [5.74, 6) is -0.837. The highest BCUT2D eigenvalue weighted by Gasteiger charge is 2.19. The van der Waals surface area contributed by atoms with Crippen LogP contribution in [0.4, 0.5) is 0 Å². The Balaban J connectivity index is 4.28. The van der Waals surface area contributed by atoms with Crippen LogP contribution in [0.1, 0.15) is 310 Å². The van der Waals surface area contributed by atoms with Crippen molar-refractivity contribution in [2.75, 3.05) is 13.2 Å². The van der Waals surface area contributed by atoms with Gasteiger partial charge in [0.15, 0.2) is 6.10 Å². The lowest BCUT2D eigenvalue weighted by atomic mass is 10.0. The predicted octanol–water partition coefficient (Wildman–Crippen LogP) is 17.6. The highest BCUT2D eigenvalue weighted by Crippen LogP contribution is 2.17. The molecule has 6 heteroatoms. The normalized spacial score (nSPS) is 11.8. The largest absolute Gasteiger partial charge is 0.462 e. The zero-order valence-electron chi connectivity index (χ0n) is 40.8. The first-order chi connectivity index (χ1) is 29.5. The van der Waals surface area contributed by atoms with E-state index in [1.807, 2.05) is 0 Å². The smallest absolute Gasteiger partial charge is 0.306 e. The van der Waals surface area contributed by atoms with Crippen molar-refractivity contribution in [3.05, 3.63) is 0 Å². The van der Waals surface area contributed by atoms with Crippen molar-refractivity contribution >= 4 is 17.9 Å². The van der Waals surface area contributed by atoms with Crippen LogP contribution in [-0.4, -0.2) is 37.2 Å². The quantitative estimate of drug-likeness (QED) is 0.0345. The van der Waals surface area contributed by atoms with Gasteiger partial charge < -0.3 is 14.2 Å². The molecule has 356 valence electrons. The average Bonchev–Trinajstić information content (AvgIpc) is 3.24. The fourth-order valence-corrected chi connectivity index (χ4v) is 8.27. The number of ether oxygens (including phenoxy) is 3. The van der Waals surface area contributed by atoms with Gasteiger partial charge in [-0.2, -0.15) is 0 Å². The minimum absolute atomic E-state index is 0.0615. The zero-order valence-corrected chi connectivity index (χ0v) is 40.8. The van der Waals surface area contributed by atoms with Gasteiger partial charge in [0.05, 0.1) is 0 Å². The number of esters is 3. The topological polar surface area (TPSA) is 78.9 Å². The molecule has 0 radical (unpaired) electrons. The maximum atomic E-state index is 12.8. The molecule has 0 saturated heterocycles. The summed E-state index contributed by atoms with van der Waals surface area (Å²) in [5.41, 5.74) is 0. The van der Waals surface area contributed by atoms with E-state index in [-0.39, 0.29) is 31.1 Å². The maximum absolute atomic E-state index is 12.8. The molecule has 1 atom stereocenters. The standard InChI is InChI=1S/C54H104O6/c1-4-7-10-13-16-19-22-25-27-28-30-33-35-38-41-44-47-53(56)59-50-51(60-54(57)48-45-42-39-36-31-24-21-18-15-12-9-6-3)49-58-52(55)46-43-40-37-34-32-29-26-23-20-17-14-11-8-5-2/h51H,4-50H2,1-3H3/t51-/m0/s1. The van der Waals surface area contributed by atoms with E-state index in [1.54, 1.807) is 0 Å². The van der Waals surface area contributed by atoms with Crippen molar-refractivity contribution in [3.8, 4) is 0 Å². The van der Waals surface area contributed by atoms with Gasteiger partial charge in [0.1, 0.15) is 13.2 Å². The second-order valence-corrected chi connectivity index (χ2v) is 18.5. The second kappa shape index (κ2) is 50.1. The van der Waals surface area contributed by atoms with Crippen LogP contribution < -0.4 is 0 Å². The van der Waals surface area contributed by atoms with Crippen molar-refractivity contribution in [3.63, 3.8) is 0 Å². The summed E-state index contributed by atoms with van der Waals surface area (Å²) in [6.45, 7) is 6.69. The molecule has 0 aromatic rings. The number of hydrogen-bond donors (Lipinski definition) is 0. The van der Waals surface area contributed by atoms with Crippen LogP contribution >= 0.6 is 0 Å². The summed E-state index contributed by atoms with van der Waals surface area (Å²) in [5, 5.41) is 0. The third-order valence-electron chi connectivity index (χ3n) is 12.4. The fourth-order valence-electron chi connectivity index (χ4n) is 8.27. The Hall–Kier alpha value is -1.59. The predicted molar refractivity (Wildman–Crippen MR) is 257 cm³/mol. The van der Waals surface area contributed by atoms with E-state index in [4.69, 9.17) is 14.2 Å². The molecule has 0 N–H and O–H groups in total. The molecule has 6 nitrogen and oxygen atoms in total. The average molecular weight is 849 g/mol. The Bertz CT molecular complexity index is 889. The van der Waals surface area contributed by atoms with Gasteiger partial charge in [-0.3, -0.25) is 14.4 Å². The third kappa shape index (κ3) is 47.5. The molecule has 0 spiro atoms.